The fourth-order valence-electron chi connectivity index (χ4n) is 2.00. The lowest BCUT2D eigenvalue weighted by molar-refractivity contribution is 0.469. The Kier molecular flexibility index (Phi) is 7.74. The molecule has 2 rings (SSSR count). The van der Waals surface area contributed by atoms with E-state index in [9.17, 15) is 4.39 Å². The number of hydrogen-bond donors (Lipinski definition) is 1. The molecule has 0 saturated carbocycles. The molecule has 120 valence electrons. The van der Waals surface area contributed by atoms with E-state index in [2.05, 4.69) is 15.3 Å². The Morgan fingerprint density at radius 1 is 1.41 bits per heavy atom. The summed E-state index contributed by atoms with van der Waals surface area (Å²) in [6, 6.07) is 6.73. The number of thiazole rings is 1. The van der Waals surface area contributed by atoms with E-state index < -0.39 is 0 Å². The molecule has 0 radical (unpaired) electrons. The molecule has 0 atom stereocenters. The van der Waals surface area contributed by atoms with E-state index in [0.717, 1.165) is 10.7 Å². The molecule has 1 N–H and O–H groups in total. The third kappa shape index (κ3) is 5.20. The first-order valence-corrected chi connectivity index (χ1v) is 7.54. The summed E-state index contributed by atoms with van der Waals surface area (Å²) in [5.74, 6) is 0.502. The number of benzene rings is 1. The molecule has 0 saturated heterocycles. The number of aliphatic imine (C=N–C) groups is 1. The summed E-state index contributed by atoms with van der Waals surface area (Å²) < 4.78 is 13.6. The monoisotopic (exact) mass is 434 g/mol. The molecule has 0 unspecified atom stereocenters. The molecule has 0 fully saturated rings. The predicted molar refractivity (Wildman–Crippen MR) is 100 cm³/mol. The summed E-state index contributed by atoms with van der Waals surface area (Å²) in [6.45, 7) is 3.06. The number of halogens is 2. The molecule has 0 aliphatic heterocycles. The molecule has 1 aromatic carbocycles. The number of rotatable bonds is 4. The molecular formula is C15H20FIN4S. The van der Waals surface area contributed by atoms with Gasteiger partial charge in [-0.2, -0.15) is 0 Å². The van der Waals surface area contributed by atoms with E-state index in [1.807, 2.05) is 30.3 Å². The average molecular weight is 434 g/mol. The number of hydrogen-bond acceptors (Lipinski definition) is 3. The van der Waals surface area contributed by atoms with Crippen LogP contribution in [0.4, 0.5) is 4.39 Å². The minimum atomic E-state index is -0.210. The number of nitrogens with zero attached hydrogens (tertiary/aromatic N) is 3. The number of aromatic nitrogens is 1. The highest BCUT2D eigenvalue weighted by Gasteiger charge is 2.09. The highest BCUT2D eigenvalue weighted by molar-refractivity contribution is 14.0. The summed E-state index contributed by atoms with van der Waals surface area (Å²) in [7, 11) is 3.65. The van der Waals surface area contributed by atoms with Crippen LogP contribution in [0.25, 0.3) is 0 Å². The van der Waals surface area contributed by atoms with Crippen LogP contribution in [0.1, 0.15) is 16.3 Å². The summed E-state index contributed by atoms with van der Waals surface area (Å²) in [4.78, 5) is 10.6. The van der Waals surface area contributed by atoms with Crippen LogP contribution in [-0.2, 0) is 13.1 Å². The van der Waals surface area contributed by atoms with Crippen LogP contribution in [0, 0.1) is 12.7 Å². The summed E-state index contributed by atoms with van der Waals surface area (Å²) >= 11 is 1.63. The number of guanidine groups is 1. The summed E-state index contributed by atoms with van der Waals surface area (Å²) in [5.41, 5.74) is 1.63. The van der Waals surface area contributed by atoms with E-state index in [0.29, 0.717) is 24.6 Å². The lowest BCUT2D eigenvalue weighted by Crippen LogP contribution is -2.38. The Morgan fingerprint density at radius 2 is 2.14 bits per heavy atom. The SMILES string of the molecule is CN=C(NCc1ccccc1F)N(C)Cc1csc(C)n1.I. The van der Waals surface area contributed by atoms with Gasteiger partial charge in [0.25, 0.3) is 0 Å². The van der Waals surface area contributed by atoms with Gasteiger partial charge in [-0.3, -0.25) is 4.99 Å². The molecule has 0 aliphatic rings. The van der Waals surface area contributed by atoms with E-state index in [-0.39, 0.29) is 29.8 Å². The van der Waals surface area contributed by atoms with Crippen LogP contribution < -0.4 is 5.32 Å². The molecule has 1 aromatic heterocycles. The topological polar surface area (TPSA) is 40.5 Å². The van der Waals surface area contributed by atoms with Crippen molar-refractivity contribution >= 4 is 41.3 Å². The second-order valence-electron chi connectivity index (χ2n) is 4.71. The van der Waals surface area contributed by atoms with Crippen LogP contribution in [0.3, 0.4) is 0 Å². The fourth-order valence-corrected chi connectivity index (χ4v) is 2.60. The van der Waals surface area contributed by atoms with Crippen LogP contribution in [0.2, 0.25) is 0 Å². The Bertz CT molecular complexity index is 630. The van der Waals surface area contributed by atoms with Gasteiger partial charge in [0.05, 0.1) is 17.2 Å². The molecule has 2 aromatic rings. The van der Waals surface area contributed by atoms with Gasteiger partial charge in [0.15, 0.2) is 5.96 Å². The van der Waals surface area contributed by atoms with E-state index in [4.69, 9.17) is 0 Å². The number of aryl methyl sites for hydroxylation is 1. The van der Waals surface area contributed by atoms with Crippen LogP contribution in [0.5, 0.6) is 0 Å². The quantitative estimate of drug-likeness (QED) is 0.456. The van der Waals surface area contributed by atoms with Crippen molar-refractivity contribution in [3.63, 3.8) is 0 Å². The molecule has 0 spiro atoms. The zero-order chi connectivity index (χ0) is 15.2. The van der Waals surface area contributed by atoms with Gasteiger partial charge in [-0.15, -0.1) is 35.3 Å². The van der Waals surface area contributed by atoms with E-state index in [1.54, 1.807) is 30.5 Å². The van der Waals surface area contributed by atoms with Gasteiger partial charge in [-0.05, 0) is 13.0 Å². The van der Waals surface area contributed by atoms with Crippen LogP contribution >= 0.6 is 35.3 Å². The molecule has 0 aliphatic carbocycles. The molecule has 0 bridgehead atoms. The first kappa shape index (κ1) is 18.8. The van der Waals surface area contributed by atoms with Crippen molar-refractivity contribution < 1.29 is 4.39 Å². The Balaban J connectivity index is 0.00000242. The van der Waals surface area contributed by atoms with E-state index in [1.165, 1.54) is 6.07 Å². The standard InChI is InChI=1S/C15H19FN4S.HI/c1-11-19-13(10-21-11)9-20(3)15(17-2)18-8-12-6-4-5-7-14(12)16;/h4-7,10H,8-9H2,1-3H3,(H,17,18);1H. The minimum absolute atomic E-state index is 0. The van der Waals surface area contributed by atoms with E-state index >= 15 is 0 Å². The van der Waals surface area contributed by atoms with Crippen molar-refractivity contribution in [3.05, 3.63) is 51.7 Å². The zero-order valence-corrected chi connectivity index (χ0v) is 16.0. The molecule has 1 heterocycles. The van der Waals surface area contributed by atoms with Gasteiger partial charge in [0, 0.05) is 31.6 Å². The Labute approximate surface area is 151 Å². The first-order chi connectivity index (χ1) is 10.1. The van der Waals surface area contributed by atoms with Gasteiger partial charge in [-0.25, -0.2) is 9.37 Å². The molecule has 4 nitrogen and oxygen atoms in total. The third-order valence-corrected chi connectivity index (χ3v) is 3.86. The van der Waals surface area contributed by atoms with Crippen molar-refractivity contribution in [2.24, 2.45) is 4.99 Å². The Hall–Kier alpha value is -1.22. The largest absolute Gasteiger partial charge is 0.352 e. The van der Waals surface area contributed by atoms with Crippen molar-refractivity contribution in [1.82, 2.24) is 15.2 Å². The molecular weight excluding hydrogens is 414 g/mol. The fraction of sp³-hybridized carbons (Fsp3) is 0.333. The number of nitrogens with one attached hydrogen (secondary N) is 1. The van der Waals surface area contributed by atoms with Crippen LogP contribution in [-0.4, -0.2) is 29.9 Å². The average Bonchev–Trinajstić information content (AvgIpc) is 2.86. The highest BCUT2D eigenvalue weighted by atomic mass is 127. The lowest BCUT2D eigenvalue weighted by atomic mass is 10.2. The lowest BCUT2D eigenvalue weighted by Gasteiger charge is -2.21. The van der Waals surface area contributed by atoms with Crippen molar-refractivity contribution in [2.75, 3.05) is 14.1 Å². The summed E-state index contributed by atoms with van der Waals surface area (Å²) in [6.07, 6.45) is 0. The molecule has 22 heavy (non-hydrogen) atoms. The maximum absolute atomic E-state index is 13.6. The summed E-state index contributed by atoms with van der Waals surface area (Å²) in [5, 5.41) is 6.25. The van der Waals surface area contributed by atoms with Crippen molar-refractivity contribution in [1.29, 1.82) is 0 Å². The van der Waals surface area contributed by atoms with Gasteiger partial charge >= 0.3 is 0 Å². The van der Waals surface area contributed by atoms with Crippen LogP contribution in [0.15, 0.2) is 34.6 Å². The first-order valence-electron chi connectivity index (χ1n) is 6.66. The van der Waals surface area contributed by atoms with Gasteiger partial charge in [-0.1, -0.05) is 18.2 Å². The molecule has 7 heteroatoms. The minimum Gasteiger partial charge on any atom is -0.352 e. The smallest absolute Gasteiger partial charge is 0.194 e. The van der Waals surface area contributed by atoms with Gasteiger partial charge < -0.3 is 10.2 Å². The maximum Gasteiger partial charge on any atom is 0.194 e. The van der Waals surface area contributed by atoms with Crippen molar-refractivity contribution in [3.8, 4) is 0 Å². The second-order valence-corrected chi connectivity index (χ2v) is 5.77. The molecule has 0 amide bonds. The van der Waals surface area contributed by atoms with Gasteiger partial charge in [0.1, 0.15) is 5.82 Å². The Morgan fingerprint density at radius 3 is 2.73 bits per heavy atom. The second kappa shape index (κ2) is 9.04. The zero-order valence-electron chi connectivity index (χ0n) is 12.8. The third-order valence-electron chi connectivity index (χ3n) is 3.03. The highest BCUT2D eigenvalue weighted by Crippen LogP contribution is 2.10. The predicted octanol–water partition coefficient (Wildman–Crippen LogP) is 3.42. The van der Waals surface area contributed by atoms with Crippen molar-refractivity contribution in [2.45, 2.75) is 20.0 Å². The maximum atomic E-state index is 13.6. The normalized spacial score (nSPS) is 11.0. The van der Waals surface area contributed by atoms with Gasteiger partial charge in [0.2, 0.25) is 0 Å².